The molecule has 0 saturated heterocycles. The number of sulfone groups is 1. The van der Waals surface area contributed by atoms with Gasteiger partial charge in [-0.3, -0.25) is 4.79 Å². The van der Waals surface area contributed by atoms with Crippen LogP contribution in [0.25, 0.3) is 22.1 Å². The molecular weight excluding hydrogens is 412 g/mol. The third-order valence-corrected chi connectivity index (χ3v) is 6.45. The highest BCUT2D eigenvalue weighted by Crippen LogP contribution is 2.27. The van der Waals surface area contributed by atoms with Crippen molar-refractivity contribution in [2.75, 3.05) is 6.26 Å². The molecule has 0 atom stereocenters. The third kappa shape index (κ3) is 5.07. The quantitative estimate of drug-likeness (QED) is 0.626. The molecule has 0 aliphatic heterocycles. The second-order valence-electron chi connectivity index (χ2n) is 8.30. The Balaban J connectivity index is 1.63. The zero-order valence-electron chi connectivity index (χ0n) is 17.3. The molecule has 1 fully saturated rings. The lowest BCUT2D eigenvalue weighted by molar-refractivity contribution is 0.0610. The minimum absolute atomic E-state index is 0.0431. The molecule has 6 heteroatoms. The number of aliphatic hydroxyl groups is 1. The molecule has 1 aliphatic carbocycles. The summed E-state index contributed by atoms with van der Waals surface area (Å²) in [6.45, 7) is 0. The first-order valence-electron chi connectivity index (χ1n) is 10.3. The number of rotatable bonds is 3. The molecule has 1 heterocycles. The third-order valence-electron chi connectivity index (χ3n) is 5.59. The van der Waals surface area contributed by atoms with Crippen molar-refractivity contribution in [3.8, 4) is 23.0 Å². The van der Waals surface area contributed by atoms with Crippen LogP contribution in [0.5, 0.6) is 0 Å². The number of hydrogen-bond acceptors (Lipinski definition) is 5. The molecule has 5 nitrogen and oxygen atoms in total. The van der Waals surface area contributed by atoms with Gasteiger partial charge in [-0.15, -0.1) is 0 Å². The van der Waals surface area contributed by atoms with E-state index >= 15 is 0 Å². The molecule has 2 aromatic carbocycles. The number of benzene rings is 2. The molecule has 1 aliphatic rings. The minimum atomic E-state index is -3.12. The summed E-state index contributed by atoms with van der Waals surface area (Å²) >= 11 is 0. The monoisotopic (exact) mass is 436 g/mol. The average Bonchev–Trinajstić information content (AvgIpc) is 2.73. The summed E-state index contributed by atoms with van der Waals surface area (Å²) in [7, 11) is -3.12. The molecule has 0 spiro atoms. The van der Waals surface area contributed by atoms with E-state index in [1.54, 1.807) is 42.5 Å². The van der Waals surface area contributed by atoms with Crippen LogP contribution in [0.4, 0.5) is 0 Å². The van der Waals surface area contributed by atoms with Crippen molar-refractivity contribution >= 4 is 20.8 Å². The smallest absolute Gasteiger partial charge is 0.200 e. The Morgan fingerprint density at radius 2 is 1.77 bits per heavy atom. The van der Waals surface area contributed by atoms with Gasteiger partial charge < -0.3 is 9.52 Å². The highest BCUT2D eigenvalue weighted by atomic mass is 32.2. The Labute approximate surface area is 181 Å². The lowest BCUT2D eigenvalue weighted by Crippen LogP contribution is -2.29. The molecule has 1 aromatic heterocycles. The Hall–Kier alpha value is -2.88. The van der Waals surface area contributed by atoms with Crippen LogP contribution in [-0.2, 0) is 15.6 Å². The van der Waals surface area contributed by atoms with Crippen LogP contribution in [0.1, 0.15) is 43.2 Å². The summed E-state index contributed by atoms with van der Waals surface area (Å²) in [5.74, 6) is 5.98. The Morgan fingerprint density at radius 3 is 2.45 bits per heavy atom. The Kier molecular flexibility index (Phi) is 5.74. The van der Waals surface area contributed by atoms with E-state index in [-0.39, 0.29) is 11.2 Å². The van der Waals surface area contributed by atoms with Crippen molar-refractivity contribution in [2.24, 2.45) is 0 Å². The predicted octanol–water partition coefficient (Wildman–Crippen LogP) is 4.05. The van der Waals surface area contributed by atoms with Gasteiger partial charge in [-0.25, -0.2) is 8.42 Å². The van der Waals surface area contributed by atoms with Gasteiger partial charge in [0.1, 0.15) is 17.4 Å². The molecule has 160 valence electrons. The van der Waals surface area contributed by atoms with Crippen LogP contribution in [0.2, 0.25) is 0 Å². The first kappa shape index (κ1) is 21.4. The maximum absolute atomic E-state index is 13.0. The van der Waals surface area contributed by atoms with Crippen LogP contribution < -0.4 is 5.43 Å². The van der Waals surface area contributed by atoms with Gasteiger partial charge in [0.15, 0.2) is 15.3 Å². The second-order valence-corrected chi connectivity index (χ2v) is 10.4. The topological polar surface area (TPSA) is 84.6 Å². The van der Waals surface area contributed by atoms with Crippen LogP contribution >= 0.6 is 0 Å². The maximum atomic E-state index is 13.0. The molecular formula is C25H24O5S. The van der Waals surface area contributed by atoms with E-state index in [1.807, 2.05) is 0 Å². The van der Waals surface area contributed by atoms with Gasteiger partial charge in [-0.1, -0.05) is 42.5 Å². The zero-order valence-corrected chi connectivity index (χ0v) is 18.2. The van der Waals surface area contributed by atoms with E-state index in [4.69, 9.17) is 4.42 Å². The van der Waals surface area contributed by atoms with Crippen molar-refractivity contribution in [3.05, 3.63) is 70.1 Å². The van der Waals surface area contributed by atoms with E-state index in [0.717, 1.165) is 19.3 Å². The molecule has 0 radical (unpaired) electrons. The highest BCUT2D eigenvalue weighted by Gasteiger charge is 2.26. The summed E-state index contributed by atoms with van der Waals surface area (Å²) in [4.78, 5) is 13.0. The summed E-state index contributed by atoms with van der Waals surface area (Å²) in [6, 6.07) is 12.0. The molecule has 31 heavy (non-hydrogen) atoms. The Morgan fingerprint density at radius 1 is 1.06 bits per heavy atom. The summed E-state index contributed by atoms with van der Waals surface area (Å²) in [6.07, 6.45) is 7.08. The highest BCUT2D eigenvalue weighted by molar-refractivity contribution is 7.89. The fourth-order valence-electron chi connectivity index (χ4n) is 3.94. The summed E-state index contributed by atoms with van der Waals surface area (Å²) in [5.41, 5.74) is 1.77. The molecule has 4 rings (SSSR count). The SMILES string of the molecule is CS(=O)(=O)Cc1ccc(-c2coc3cc(C#CC4(O)CCCCC4)ccc3c2=O)cc1. The largest absolute Gasteiger partial charge is 0.463 e. The van der Waals surface area contributed by atoms with Crippen molar-refractivity contribution < 1.29 is 17.9 Å². The minimum Gasteiger partial charge on any atom is -0.463 e. The van der Waals surface area contributed by atoms with Gasteiger partial charge in [-0.05, 0) is 55.0 Å². The molecule has 0 amide bonds. The molecule has 3 aromatic rings. The second kappa shape index (κ2) is 8.33. The predicted molar refractivity (Wildman–Crippen MR) is 121 cm³/mol. The van der Waals surface area contributed by atoms with Gasteiger partial charge in [0.25, 0.3) is 0 Å². The lowest BCUT2D eigenvalue weighted by atomic mass is 9.85. The van der Waals surface area contributed by atoms with E-state index < -0.39 is 15.4 Å². The Bertz CT molecular complexity index is 1330. The standard InChI is InChI=1S/C25H24O5S/c1-31(28,29)17-19-5-8-20(9-6-19)22-16-30-23-15-18(7-10-21(23)24(22)26)11-14-25(27)12-3-2-4-13-25/h5-10,15-16,27H,2-4,12-13,17H2,1H3. The summed E-state index contributed by atoms with van der Waals surface area (Å²) < 4.78 is 28.6. The summed E-state index contributed by atoms with van der Waals surface area (Å²) in [5, 5.41) is 11.0. The fraction of sp³-hybridized carbons (Fsp3) is 0.320. The zero-order chi connectivity index (χ0) is 22.1. The van der Waals surface area contributed by atoms with E-state index in [0.29, 0.717) is 46.1 Å². The van der Waals surface area contributed by atoms with Gasteiger partial charge in [0.05, 0.1) is 16.7 Å². The first-order valence-corrected chi connectivity index (χ1v) is 12.4. The van der Waals surface area contributed by atoms with E-state index in [1.165, 1.54) is 12.5 Å². The van der Waals surface area contributed by atoms with Crippen molar-refractivity contribution in [1.29, 1.82) is 0 Å². The van der Waals surface area contributed by atoms with Crippen molar-refractivity contribution in [2.45, 2.75) is 43.5 Å². The lowest BCUT2D eigenvalue weighted by Gasteiger charge is -2.26. The maximum Gasteiger partial charge on any atom is 0.200 e. The number of hydrogen-bond donors (Lipinski definition) is 1. The van der Waals surface area contributed by atoms with E-state index in [2.05, 4.69) is 11.8 Å². The van der Waals surface area contributed by atoms with Crippen molar-refractivity contribution in [3.63, 3.8) is 0 Å². The normalized spacial score (nSPS) is 15.9. The van der Waals surface area contributed by atoms with Gasteiger partial charge in [-0.2, -0.15) is 0 Å². The van der Waals surface area contributed by atoms with Crippen molar-refractivity contribution in [1.82, 2.24) is 0 Å². The van der Waals surface area contributed by atoms with Crippen LogP contribution in [0, 0.1) is 11.8 Å². The molecule has 0 unspecified atom stereocenters. The van der Waals surface area contributed by atoms with Gasteiger partial charge >= 0.3 is 0 Å². The molecule has 1 saturated carbocycles. The van der Waals surface area contributed by atoms with E-state index in [9.17, 15) is 18.3 Å². The first-order chi connectivity index (χ1) is 14.7. The van der Waals surface area contributed by atoms with Gasteiger partial charge in [0.2, 0.25) is 0 Å². The molecule has 0 bridgehead atoms. The van der Waals surface area contributed by atoms with Crippen LogP contribution in [0.3, 0.4) is 0 Å². The fourth-order valence-corrected chi connectivity index (χ4v) is 4.74. The van der Waals surface area contributed by atoms with Gasteiger partial charge in [0, 0.05) is 11.8 Å². The molecule has 1 N–H and O–H groups in total. The number of fused-ring (bicyclic) bond motifs is 1. The van der Waals surface area contributed by atoms with Crippen LogP contribution in [-0.4, -0.2) is 25.4 Å². The van der Waals surface area contributed by atoms with Crippen LogP contribution in [0.15, 0.2) is 57.9 Å². The average molecular weight is 437 g/mol.